The van der Waals surface area contributed by atoms with Crippen LogP contribution in [0.3, 0.4) is 0 Å². The number of benzene rings is 1. The van der Waals surface area contributed by atoms with Crippen LogP contribution >= 0.6 is 39.3 Å². The van der Waals surface area contributed by atoms with Crippen molar-refractivity contribution in [2.24, 2.45) is 0 Å². The van der Waals surface area contributed by atoms with Crippen molar-refractivity contribution in [3.8, 4) is 0 Å². The van der Waals surface area contributed by atoms with Crippen LogP contribution in [-0.4, -0.2) is 9.97 Å². The van der Waals surface area contributed by atoms with Crippen molar-refractivity contribution < 1.29 is 0 Å². The number of hydrogen-bond donors (Lipinski definition) is 0. The highest BCUT2D eigenvalue weighted by Crippen LogP contribution is 2.32. The van der Waals surface area contributed by atoms with Crippen LogP contribution in [0, 0.1) is 6.92 Å². The largest absolute Gasteiger partial charge is 0.226 e. The first-order chi connectivity index (χ1) is 8.60. The molecule has 0 atom stereocenters. The van der Waals surface area contributed by atoms with Crippen molar-refractivity contribution in [3.05, 3.63) is 45.3 Å². The van der Waals surface area contributed by atoms with Crippen molar-refractivity contribution in [2.75, 3.05) is 0 Å². The van der Waals surface area contributed by atoms with E-state index in [-0.39, 0.29) is 0 Å². The summed E-state index contributed by atoms with van der Waals surface area (Å²) < 4.78 is 1.06. The summed E-state index contributed by atoms with van der Waals surface area (Å²) in [5.41, 5.74) is 0.929. The van der Waals surface area contributed by atoms with E-state index in [1.165, 1.54) is 0 Å². The Hall–Kier alpha value is -0.580. The lowest BCUT2D eigenvalue weighted by Gasteiger charge is -2.08. The van der Waals surface area contributed by atoms with Gasteiger partial charge in [0.25, 0.3) is 0 Å². The molecule has 0 bridgehead atoms. The number of aryl methyl sites for hydroxylation is 1. The second-order valence-corrected chi connectivity index (χ2v) is 6.11. The van der Waals surface area contributed by atoms with Crippen LogP contribution in [0.2, 0.25) is 5.15 Å². The molecule has 0 aliphatic rings. The van der Waals surface area contributed by atoms with Gasteiger partial charge in [0, 0.05) is 21.4 Å². The Morgan fingerprint density at radius 3 is 2.78 bits per heavy atom. The topological polar surface area (TPSA) is 25.8 Å². The monoisotopic (exact) mass is 342 g/mol. The lowest BCUT2D eigenvalue weighted by atomic mass is 10.3. The number of hydrogen-bond acceptors (Lipinski definition) is 3. The Morgan fingerprint density at radius 1 is 1.33 bits per heavy atom. The molecule has 1 heterocycles. The van der Waals surface area contributed by atoms with Crippen LogP contribution in [-0.2, 0) is 6.42 Å². The highest BCUT2D eigenvalue weighted by molar-refractivity contribution is 9.10. The molecular formula is C13H12BrClN2S. The van der Waals surface area contributed by atoms with Gasteiger partial charge in [-0.05, 0) is 25.1 Å². The van der Waals surface area contributed by atoms with Gasteiger partial charge in [-0.25, -0.2) is 9.97 Å². The maximum Gasteiger partial charge on any atom is 0.136 e. The summed E-state index contributed by atoms with van der Waals surface area (Å²) in [7, 11) is 0. The highest BCUT2D eigenvalue weighted by Gasteiger charge is 2.10. The molecule has 2 nitrogen and oxygen atoms in total. The molecule has 0 radical (unpaired) electrons. The quantitative estimate of drug-likeness (QED) is 0.740. The summed E-state index contributed by atoms with van der Waals surface area (Å²) in [5, 5.41) is 1.46. The molecule has 1 aromatic carbocycles. The highest BCUT2D eigenvalue weighted by atomic mass is 79.9. The molecule has 5 heteroatoms. The van der Waals surface area contributed by atoms with Crippen LogP contribution in [0.1, 0.15) is 18.3 Å². The van der Waals surface area contributed by atoms with Gasteiger partial charge in [-0.1, -0.05) is 52.3 Å². The maximum absolute atomic E-state index is 6.12. The Morgan fingerprint density at radius 2 is 2.11 bits per heavy atom. The minimum absolute atomic E-state index is 0.541. The summed E-state index contributed by atoms with van der Waals surface area (Å²) in [6.07, 6.45) is 0.784. The Balaban J connectivity index is 2.36. The molecule has 0 N–H and O–H groups in total. The van der Waals surface area contributed by atoms with E-state index < -0.39 is 0 Å². The van der Waals surface area contributed by atoms with E-state index in [1.54, 1.807) is 11.8 Å². The second-order valence-electron chi connectivity index (χ2n) is 3.77. The van der Waals surface area contributed by atoms with Crippen LogP contribution in [0.5, 0.6) is 0 Å². The second kappa shape index (κ2) is 6.04. The predicted octanol–water partition coefficient (Wildman–Crippen LogP) is 4.91. The van der Waals surface area contributed by atoms with Gasteiger partial charge in [-0.3, -0.25) is 0 Å². The third-order valence-electron chi connectivity index (χ3n) is 2.41. The van der Waals surface area contributed by atoms with Gasteiger partial charge in [0.15, 0.2) is 0 Å². The molecule has 0 spiro atoms. The Kier molecular flexibility index (Phi) is 4.65. The van der Waals surface area contributed by atoms with Crippen LogP contribution in [0.25, 0.3) is 0 Å². The fraction of sp³-hybridized carbons (Fsp3) is 0.231. The molecule has 0 saturated carbocycles. The van der Waals surface area contributed by atoms with E-state index in [2.05, 4.69) is 38.0 Å². The minimum Gasteiger partial charge on any atom is -0.226 e. The van der Waals surface area contributed by atoms with E-state index in [0.29, 0.717) is 5.15 Å². The molecule has 0 unspecified atom stereocenters. The molecule has 1 aromatic heterocycles. The van der Waals surface area contributed by atoms with Gasteiger partial charge in [0.1, 0.15) is 16.0 Å². The molecule has 0 aliphatic heterocycles. The summed E-state index contributed by atoms with van der Waals surface area (Å²) in [5.74, 6) is 0.781. The zero-order valence-electron chi connectivity index (χ0n) is 10.1. The third kappa shape index (κ3) is 3.25. The molecular weight excluding hydrogens is 332 g/mol. The van der Waals surface area contributed by atoms with Crippen molar-refractivity contribution in [1.29, 1.82) is 0 Å². The van der Waals surface area contributed by atoms with E-state index in [9.17, 15) is 0 Å². The summed E-state index contributed by atoms with van der Waals surface area (Å²) >= 11 is 11.2. The zero-order valence-corrected chi connectivity index (χ0v) is 13.2. The van der Waals surface area contributed by atoms with Crippen LogP contribution in [0.15, 0.2) is 38.7 Å². The van der Waals surface area contributed by atoms with Gasteiger partial charge in [-0.15, -0.1) is 0 Å². The van der Waals surface area contributed by atoms with Gasteiger partial charge in [-0.2, -0.15) is 0 Å². The van der Waals surface area contributed by atoms with E-state index in [4.69, 9.17) is 11.6 Å². The summed E-state index contributed by atoms with van der Waals surface area (Å²) in [4.78, 5) is 9.90. The fourth-order valence-electron chi connectivity index (χ4n) is 1.41. The predicted molar refractivity (Wildman–Crippen MR) is 79.4 cm³/mol. The van der Waals surface area contributed by atoms with Gasteiger partial charge in [0.2, 0.25) is 0 Å². The number of halogens is 2. The van der Waals surface area contributed by atoms with Crippen molar-refractivity contribution in [3.63, 3.8) is 0 Å². The molecule has 0 fully saturated rings. The van der Waals surface area contributed by atoms with E-state index >= 15 is 0 Å². The average Bonchev–Trinajstić information content (AvgIpc) is 2.34. The average molecular weight is 344 g/mol. The zero-order chi connectivity index (χ0) is 13.1. The molecule has 2 aromatic rings. The molecule has 0 aliphatic carbocycles. The number of aromatic nitrogens is 2. The summed E-state index contributed by atoms with van der Waals surface area (Å²) in [6.45, 7) is 3.97. The van der Waals surface area contributed by atoms with Crippen molar-refractivity contribution in [2.45, 2.75) is 30.2 Å². The molecule has 2 rings (SSSR count). The van der Waals surface area contributed by atoms with Gasteiger partial charge in [0.05, 0.1) is 0 Å². The van der Waals surface area contributed by atoms with Gasteiger partial charge >= 0.3 is 0 Å². The standard InChI is InChI=1S/C13H12BrClN2S/c1-3-11-16-12(15)8(2)13(17-11)18-10-6-4-5-9(14)7-10/h4-7H,3H2,1-2H3. The number of rotatable bonds is 3. The SMILES string of the molecule is CCc1nc(Cl)c(C)c(Sc2cccc(Br)c2)n1. The lowest BCUT2D eigenvalue weighted by molar-refractivity contribution is 0.872. The summed E-state index contributed by atoms with van der Waals surface area (Å²) in [6, 6.07) is 8.12. The minimum atomic E-state index is 0.541. The van der Waals surface area contributed by atoms with Crippen molar-refractivity contribution in [1.82, 2.24) is 9.97 Å². The molecule has 0 saturated heterocycles. The maximum atomic E-state index is 6.12. The fourth-order valence-corrected chi connectivity index (χ4v) is 3.16. The Bertz CT molecular complexity index is 575. The van der Waals surface area contributed by atoms with Crippen molar-refractivity contribution >= 4 is 39.3 Å². The Labute approximate surface area is 124 Å². The molecule has 0 amide bonds. The van der Waals surface area contributed by atoms with Crippen LogP contribution in [0.4, 0.5) is 0 Å². The lowest BCUT2D eigenvalue weighted by Crippen LogP contribution is -1.98. The van der Waals surface area contributed by atoms with E-state index in [1.807, 2.05) is 26.0 Å². The normalized spacial score (nSPS) is 10.7. The third-order valence-corrected chi connectivity index (χ3v) is 4.36. The number of nitrogens with zero attached hydrogens (tertiary/aromatic N) is 2. The first-order valence-corrected chi connectivity index (χ1v) is 7.55. The smallest absolute Gasteiger partial charge is 0.136 e. The first-order valence-electron chi connectivity index (χ1n) is 5.56. The molecule has 18 heavy (non-hydrogen) atoms. The van der Waals surface area contributed by atoms with Gasteiger partial charge < -0.3 is 0 Å². The van der Waals surface area contributed by atoms with Crippen LogP contribution < -0.4 is 0 Å². The molecule has 94 valence electrons. The first kappa shape index (κ1) is 13.8. The van der Waals surface area contributed by atoms with E-state index in [0.717, 1.165) is 32.2 Å².